The fourth-order valence-corrected chi connectivity index (χ4v) is 1.59. The van der Waals surface area contributed by atoms with Crippen LogP contribution in [0.5, 0.6) is 5.75 Å². The van der Waals surface area contributed by atoms with E-state index in [-0.39, 0.29) is 5.91 Å². The summed E-state index contributed by atoms with van der Waals surface area (Å²) in [6.07, 6.45) is 1.41. The Balaban J connectivity index is 2.26. The molecular formula is C11H11ClN4O2. The first-order valence-corrected chi connectivity index (χ1v) is 5.43. The summed E-state index contributed by atoms with van der Waals surface area (Å²) in [5.41, 5.74) is 6.32. The van der Waals surface area contributed by atoms with Crippen LogP contribution in [-0.4, -0.2) is 23.2 Å². The van der Waals surface area contributed by atoms with Crippen LogP contribution in [0.4, 0.5) is 11.5 Å². The molecule has 2 aromatic rings. The fourth-order valence-electron chi connectivity index (χ4n) is 1.43. The van der Waals surface area contributed by atoms with E-state index in [1.165, 1.54) is 13.3 Å². The molecule has 1 aromatic carbocycles. The van der Waals surface area contributed by atoms with Gasteiger partial charge in [-0.15, -0.1) is 0 Å². The second-order valence-electron chi connectivity index (χ2n) is 3.50. The lowest BCUT2D eigenvalue weighted by molar-refractivity contribution is 0.102. The van der Waals surface area contributed by atoms with Crippen molar-refractivity contribution in [2.45, 2.75) is 0 Å². The molecule has 0 spiro atoms. The Bertz CT molecular complexity index is 582. The predicted molar refractivity (Wildman–Crippen MR) is 69.0 cm³/mol. The van der Waals surface area contributed by atoms with Crippen molar-refractivity contribution in [2.24, 2.45) is 0 Å². The topological polar surface area (TPSA) is 93.0 Å². The molecule has 1 amide bonds. The number of benzene rings is 1. The number of H-pyrrole nitrogens is 1. The van der Waals surface area contributed by atoms with E-state index in [4.69, 9.17) is 22.1 Å². The smallest absolute Gasteiger partial charge is 0.260 e. The molecule has 2 rings (SSSR count). The van der Waals surface area contributed by atoms with Gasteiger partial charge in [-0.05, 0) is 18.2 Å². The lowest BCUT2D eigenvalue weighted by atomic mass is 10.2. The van der Waals surface area contributed by atoms with Gasteiger partial charge < -0.3 is 15.8 Å². The van der Waals surface area contributed by atoms with E-state index in [9.17, 15) is 4.79 Å². The molecule has 0 bridgehead atoms. The van der Waals surface area contributed by atoms with Crippen molar-refractivity contribution in [1.82, 2.24) is 10.2 Å². The first-order chi connectivity index (χ1) is 8.61. The summed E-state index contributed by atoms with van der Waals surface area (Å²) in [4.78, 5) is 12.0. The Morgan fingerprint density at radius 3 is 2.94 bits per heavy atom. The number of carbonyl (C=O) groups excluding carboxylic acids is 1. The van der Waals surface area contributed by atoms with Gasteiger partial charge in [-0.1, -0.05) is 11.6 Å². The standard InChI is InChI=1S/C11H11ClN4O2/c1-18-9-4-6(12)2-3-7(9)11(17)15-10-8(13)5-14-16-10/h2-5H,13H2,1H3,(H2,14,15,16,17). The highest BCUT2D eigenvalue weighted by Gasteiger charge is 2.14. The Labute approximate surface area is 108 Å². The van der Waals surface area contributed by atoms with E-state index in [1.807, 2.05) is 0 Å². The number of amides is 1. The second kappa shape index (κ2) is 4.97. The minimum Gasteiger partial charge on any atom is -0.496 e. The van der Waals surface area contributed by atoms with Gasteiger partial charge in [-0.2, -0.15) is 5.10 Å². The maximum Gasteiger partial charge on any atom is 0.260 e. The molecule has 0 saturated carbocycles. The molecule has 94 valence electrons. The normalized spacial score (nSPS) is 10.1. The quantitative estimate of drug-likeness (QED) is 0.791. The number of halogens is 1. The largest absolute Gasteiger partial charge is 0.496 e. The molecule has 0 fully saturated rings. The van der Waals surface area contributed by atoms with Crippen LogP contribution in [0.1, 0.15) is 10.4 Å². The summed E-state index contributed by atoms with van der Waals surface area (Å²) >= 11 is 5.82. The van der Waals surface area contributed by atoms with Gasteiger partial charge in [0.25, 0.3) is 5.91 Å². The molecule has 0 aliphatic carbocycles. The molecule has 0 unspecified atom stereocenters. The van der Waals surface area contributed by atoms with Crippen LogP contribution in [-0.2, 0) is 0 Å². The highest BCUT2D eigenvalue weighted by atomic mass is 35.5. The summed E-state index contributed by atoms with van der Waals surface area (Å²) in [5, 5.41) is 9.38. The number of methoxy groups -OCH3 is 1. The van der Waals surface area contributed by atoms with Gasteiger partial charge in [-0.25, -0.2) is 0 Å². The molecule has 0 saturated heterocycles. The number of aromatic amines is 1. The first-order valence-electron chi connectivity index (χ1n) is 5.05. The van der Waals surface area contributed by atoms with Gasteiger partial charge in [0, 0.05) is 5.02 Å². The van der Waals surface area contributed by atoms with Crippen LogP contribution >= 0.6 is 11.6 Å². The highest BCUT2D eigenvalue weighted by Crippen LogP contribution is 2.24. The lowest BCUT2D eigenvalue weighted by Gasteiger charge is -2.08. The molecule has 1 aromatic heterocycles. The van der Waals surface area contributed by atoms with Gasteiger partial charge in [-0.3, -0.25) is 9.89 Å². The van der Waals surface area contributed by atoms with Crippen molar-refractivity contribution in [3.63, 3.8) is 0 Å². The maximum atomic E-state index is 12.0. The Kier molecular flexibility index (Phi) is 3.38. The first kappa shape index (κ1) is 12.3. The van der Waals surface area contributed by atoms with Gasteiger partial charge in [0.2, 0.25) is 0 Å². The Morgan fingerprint density at radius 2 is 2.33 bits per heavy atom. The zero-order valence-electron chi connectivity index (χ0n) is 9.53. The number of rotatable bonds is 3. The molecule has 6 nitrogen and oxygen atoms in total. The summed E-state index contributed by atoms with van der Waals surface area (Å²) in [5.74, 6) is 0.370. The van der Waals surface area contributed by atoms with Crippen molar-refractivity contribution >= 4 is 29.0 Å². The molecule has 1 heterocycles. The second-order valence-corrected chi connectivity index (χ2v) is 3.94. The zero-order chi connectivity index (χ0) is 13.1. The number of hydrogen-bond acceptors (Lipinski definition) is 4. The number of ether oxygens (including phenoxy) is 1. The third-order valence-electron chi connectivity index (χ3n) is 2.32. The van der Waals surface area contributed by atoms with E-state index >= 15 is 0 Å². The highest BCUT2D eigenvalue weighted by molar-refractivity contribution is 6.31. The van der Waals surface area contributed by atoms with Gasteiger partial charge in [0.15, 0.2) is 5.82 Å². The number of aromatic nitrogens is 2. The molecule has 0 aliphatic heterocycles. The van der Waals surface area contributed by atoms with Crippen molar-refractivity contribution < 1.29 is 9.53 Å². The van der Waals surface area contributed by atoms with Crippen molar-refractivity contribution in [2.75, 3.05) is 18.2 Å². The number of nitrogens with zero attached hydrogens (tertiary/aromatic N) is 1. The summed E-state index contributed by atoms with van der Waals surface area (Å²) < 4.78 is 5.09. The number of nitrogen functional groups attached to an aromatic ring is 1. The van der Waals surface area contributed by atoms with E-state index < -0.39 is 0 Å². The lowest BCUT2D eigenvalue weighted by Crippen LogP contribution is -2.14. The van der Waals surface area contributed by atoms with Crippen LogP contribution in [0.3, 0.4) is 0 Å². The van der Waals surface area contributed by atoms with Crippen LogP contribution in [0, 0.1) is 0 Å². The van der Waals surface area contributed by atoms with E-state index in [2.05, 4.69) is 15.5 Å². The Hall–Kier alpha value is -2.21. The van der Waals surface area contributed by atoms with Gasteiger partial charge >= 0.3 is 0 Å². The van der Waals surface area contributed by atoms with E-state index in [0.29, 0.717) is 27.8 Å². The van der Waals surface area contributed by atoms with Crippen LogP contribution in [0.15, 0.2) is 24.4 Å². The van der Waals surface area contributed by atoms with Crippen molar-refractivity contribution in [3.05, 3.63) is 35.0 Å². The molecule has 0 atom stereocenters. The molecule has 4 N–H and O–H groups in total. The minimum atomic E-state index is -0.362. The predicted octanol–water partition coefficient (Wildman–Crippen LogP) is 1.91. The van der Waals surface area contributed by atoms with Crippen molar-refractivity contribution in [1.29, 1.82) is 0 Å². The van der Waals surface area contributed by atoms with Gasteiger partial charge in [0.05, 0.1) is 24.6 Å². The number of nitrogens with one attached hydrogen (secondary N) is 2. The average Bonchev–Trinajstić information content (AvgIpc) is 2.74. The maximum absolute atomic E-state index is 12.0. The number of carbonyl (C=O) groups is 1. The number of hydrogen-bond donors (Lipinski definition) is 3. The summed E-state index contributed by atoms with van der Waals surface area (Å²) in [7, 11) is 1.47. The SMILES string of the molecule is COc1cc(Cl)ccc1C(=O)Nc1[nH]ncc1N. The van der Waals surface area contributed by atoms with E-state index in [0.717, 1.165) is 0 Å². The molecular weight excluding hydrogens is 256 g/mol. The third kappa shape index (κ3) is 2.38. The molecule has 18 heavy (non-hydrogen) atoms. The van der Waals surface area contributed by atoms with Gasteiger partial charge in [0.1, 0.15) is 5.75 Å². The van der Waals surface area contributed by atoms with Crippen LogP contribution in [0.2, 0.25) is 5.02 Å². The number of anilines is 2. The Morgan fingerprint density at radius 1 is 1.56 bits per heavy atom. The average molecular weight is 267 g/mol. The van der Waals surface area contributed by atoms with Crippen LogP contribution in [0.25, 0.3) is 0 Å². The third-order valence-corrected chi connectivity index (χ3v) is 2.55. The minimum absolute atomic E-state index is 0.344. The number of nitrogens with two attached hydrogens (primary N) is 1. The molecule has 7 heteroatoms. The zero-order valence-corrected chi connectivity index (χ0v) is 10.3. The summed E-state index contributed by atoms with van der Waals surface area (Å²) in [6, 6.07) is 4.74. The van der Waals surface area contributed by atoms with E-state index in [1.54, 1.807) is 18.2 Å². The summed E-state index contributed by atoms with van der Waals surface area (Å²) in [6.45, 7) is 0. The monoisotopic (exact) mass is 266 g/mol. The fraction of sp³-hybridized carbons (Fsp3) is 0.0909. The van der Waals surface area contributed by atoms with Crippen molar-refractivity contribution in [3.8, 4) is 5.75 Å². The molecule has 0 radical (unpaired) electrons. The molecule has 0 aliphatic rings. The van der Waals surface area contributed by atoms with Crippen LogP contribution < -0.4 is 15.8 Å².